The summed E-state index contributed by atoms with van der Waals surface area (Å²) >= 11 is 0. The number of ether oxygens (including phenoxy) is 1. The average molecular weight is 270 g/mol. The summed E-state index contributed by atoms with van der Waals surface area (Å²) in [5.41, 5.74) is 9.08. The van der Waals surface area contributed by atoms with Gasteiger partial charge in [0.15, 0.2) is 6.61 Å². The molecule has 0 unspecified atom stereocenters. The number of rotatable bonds is 4. The lowest BCUT2D eigenvalue weighted by molar-refractivity contribution is -0.118. The molecule has 4 heteroatoms. The summed E-state index contributed by atoms with van der Waals surface area (Å²) in [5, 5.41) is 2.82. The molecule has 4 nitrogen and oxygen atoms in total. The molecule has 0 aliphatic rings. The molecule has 2 aromatic carbocycles. The molecule has 0 bridgehead atoms. The zero-order valence-electron chi connectivity index (χ0n) is 11.6. The second-order valence-corrected chi connectivity index (χ2v) is 4.68. The molecule has 2 rings (SSSR count). The molecular formula is C16H18N2O2. The van der Waals surface area contributed by atoms with Gasteiger partial charge in [0, 0.05) is 11.4 Å². The van der Waals surface area contributed by atoms with Crippen LogP contribution in [-0.4, -0.2) is 12.5 Å². The van der Waals surface area contributed by atoms with E-state index >= 15 is 0 Å². The topological polar surface area (TPSA) is 64.3 Å². The lowest BCUT2D eigenvalue weighted by atomic mass is 10.2. The van der Waals surface area contributed by atoms with Crippen LogP contribution in [-0.2, 0) is 4.79 Å². The number of nitrogen functional groups attached to an aromatic ring is 1. The van der Waals surface area contributed by atoms with Crippen molar-refractivity contribution in [2.75, 3.05) is 17.7 Å². The summed E-state index contributed by atoms with van der Waals surface area (Å²) in [7, 11) is 0. The van der Waals surface area contributed by atoms with Gasteiger partial charge in [0.05, 0.1) is 0 Å². The van der Waals surface area contributed by atoms with Crippen LogP contribution in [0.2, 0.25) is 0 Å². The fraction of sp³-hybridized carbons (Fsp3) is 0.188. The molecule has 2 aromatic rings. The molecule has 1 amide bonds. The van der Waals surface area contributed by atoms with Crippen molar-refractivity contribution in [1.82, 2.24) is 0 Å². The van der Waals surface area contributed by atoms with Crippen molar-refractivity contribution in [3.05, 3.63) is 53.6 Å². The van der Waals surface area contributed by atoms with Gasteiger partial charge in [0.2, 0.25) is 0 Å². The Hall–Kier alpha value is -2.49. The molecule has 0 saturated carbocycles. The van der Waals surface area contributed by atoms with Crippen LogP contribution < -0.4 is 15.8 Å². The average Bonchev–Trinajstić information content (AvgIpc) is 2.40. The maximum absolute atomic E-state index is 11.9. The number of carbonyl (C=O) groups is 1. The summed E-state index contributed by atoms with van der Waals surface area (Å²) in [5.74, 6) is 0.481. The van der Waals surface area contributed by atoms with E-state index < -0.39 is 0 Å². The van der Waals surface area contributed by atoms with Crippen molar-refractivity contribution < 1.29 is 9.53 Å². The molecule has 20 heavy (non-hydrogen) atoms. The van der Waals surface area contributed by atoms with Crippen molar-refractivity contribution in [2.24, 2.45) is 0 Å². The number of hydrogen-bond donors (Lipinski definition) is 2. The Labute approximate surface area is 118 Å². The lowest BCUT2D eigenvalue weighted by Gasteiger charge is -2.11. The third kappa shape index (κ3) is 3.51. The van der Waals surface area contributed by atoms with E-state index in [1.807, 2.05) is 44.2 Å². The number of amides is 1. The van der Waals surface area contributed by atoms with Gasteiger partial charge in [-0.05, 0) is 49.2 Å². The maximum Gasteiger partial charge on any atom is 0.262 e. The van der Waals surface area contributed by atoms with E-state index in [1.54, 1.807) is 12.1 Å². The molecule has 0 aliphatic carbocycles. The highest BCUT2D eigenvalue weighted by Gasteiger charge is 2.06. The lowest BCUT2D eigenvalue weighted by Crippen LogP contribution is -2.20. The van der Waals surface area contributed by atoms with Crippen LogP contribution in [0.25, 0.3) is 0 Å². The second kappa shape index (κ2) is 6.10. The maximum atomic E-state index is 11.9. The largest absolute Gasteiger partial charge is 0.483 e. The van der Waals surface area contributed by atoms with E-state index in [-0.39, 0.29) is 12.5 Å². The number of para-hydroxylation sites is 1. The fourth-order valence-corrected chi connectivity index (χ4v) is 1.88. The Balaban J connectivity index is 1.94. The van der Waals surface area contributed by atoms with Gasteiger partial charge in [-0.25, -0.2) is 0 Å². The molecule has 0 heterocycles. The Kier molecular flexibility index (Phi) is 4.25. The Morgan fingerprint density at radius 3 is 2.60 bits per heavy atom. The highest BCUT2D eigenvalue weighted by Crippen LogP contribution is 2.20. The normalized spacial score (nSPS) is 10.1. The summed E-state index contributed by atoms with van der Waals surface area (Å²) in [6.07, 6.45) is 0. The van der Waals surface area contributed by atoms with Crippen LogP contribution in [0.5, 0.6) is 5.75 Å². The number of hydrogen-bond acceptors (Lipinski definition) is 3. The van der Waals surface area contributed by atoms with Crippen LogP contribution in [0.4, 0.5) is 11.4 Å². The number of benzene rings is 2. The van der Waals surface area contributed by atoms with Crippen LogP contribution in [0.15, 0.2) is 42.5 Å². The summed E-state index contributed by atoms with van der Waals surface area (Å²) in [4.78, 5) is 11.9. The minimum Gasteiger partial charge on any atom is -0.483 e. The standard InChI is InChI=1S/C16H18N2O2/c1-11-5-3-4-6-14(11)18-16(19)10-20-15-8-7-13(17)9-12(15)2/h3-9H,10,17H2,1-2H3,(H,18,19). The Morgan fingerprint density at radius 2 is 1.90 bits per heavy atom. The van der Waals surface area contributed by atoms with Crippen molar-refractivity contribution >= 4 is 17.3 Å². The predicted octanol–water partition coefficient (Wildman–Crippen LogP) is 2.90. The zero-order valence-corrected chi connectivity index (χ0v) is 11.6. The molecule has 104 valence electrons. The van der Waals surface area contributed by atoms with E-state index in [0.717, 1.165) is 16.8 Å². The number of aryl methyl sites for hydroxylation is 2. The number of nitrogens with one attached hydrogen (secondary N) is 1. The quantitative estimate of drug-likeness (QED) is 0.840. The van der Waals surface area contributed by atoms with Crippen LogP contribution in [0, 0.1) is 13.8 Å². The molecule has 0 aromatic heterocycles. The predicted molar refractivity (Wildman–Crippen MR) is 80.9 cm³/mol. The molecule has 0 aliphatic heterocycles. The minimum atomic E-state index is -0.185. The number of carbonyl (C=O) groups excluding carboxylic acids is 1. The monoisotopic (exact) mass is 270 g/mol. The molecule has 0 radical (unpaired) electrons. The van der Waals surface area contributed by atoms with E-state index in [2.05, 4.69) is 5.32 Å². The third-order valence-corrected chi connectivity index (χ3v) is 2.98. The molecule has 3 N–H and O–H groups in total. The third-order valence-electron chi connectivity index (χ3n) is 2.98. The van der Waals surface area contributed by atoms with Gasteiger partial charge >= 0.3 is 0 Å². The first-order valence-corrected chi connectivity index (χ1v) is 6.40. The van der Waals surface area contributed by atoms with Gasteiger partial charge in [0.25, 0.3) is 5.91 Å². The van der Waals surface area contributed by atoms with E-state index in [0.29, 0.717) is 11.4 Å². The van der Waals surface area contributed by atoms with E-state index in [4.69, 9.17) is 10.5 Å². The number of anilines is 2. The molecule has 0 atom stereocenters. The van der Waals surface area contributed by atoms with Gasteiger partial charge in [-0.15, -0.1) is 0 Å². The Bertz CT molecular complexity index is 624. The second-order valence-electron chi connectivity index (χ2n) is 4.68. The van der Waals surface area contributed by atoms with Crippen molar-refractivity contribution in [3.8, 4) is 5.75 Å². The van der Waals surface area contributed by atoms with Crippen LogP contribution >= 0.6 is 0 Å². The zero-order chi connectivity index (χ0) is 14.5. The highest BCUT2D eigenvalue weighted by molar-refractivity contribution is 5.92. The molecule has 0 spiro atoms. The summed E-state index contributed by atoms with van der Waals surface area (Å²) in [6, 6.07) is 13.0. The first kappa shape index (κ1) is 13.9. The molecular weight excluding hydrogens is 252 g/mol. The fourth-order valence-electron chi connectivity index (χ4n) is 1.88. The van der Waals surface area contributed by atoms with Gasteiger partial charge in [-0.1, -0.05) is 18.2 Å². The van der Waals surface area contributed by atoms with Gasteiger partial charge in [0.1, 0.15) is 5.75 Å². The first-order valence-electron chi connectivity index (χ1n) is 6.40. The Morgan fingerprint density at radius 1 is 1.15 bits per heavy atom. The first-order chi connectivity index (χ1) is 9.56. The van der Waals surface area contributed by atoms with Gasteiger partial charge < -0.3 is 15.8 Å². The van der Waals surface area contributed by atoms with Gasteiger partial charge in [-0.2, -0.15) is 0 Å². The summed E-state index contributed by atoms with van der Waals surface area (Å²) in [6.45, 7) is 3.81. The van der Waals surface area contributed by atoms with Crippen molar-refractivity contribution in [1.29, 1.82) is 0 Å². The SMILES string of the molecule is Cc1ccccc1NC(=O)COc1ccc(N)cc1C. The van der Waals surface area contributed by atoms with Crippen molar-refractivity contribution in [3.63, 3.8) is 0 Å². The smallest absolute Gasteiger partial charge is 0.262 e. The van der Waals surface area contributed by atoms with Crippen LogP contribution in [0.1, 0.15) is 11.1 Å². The van der Waals surface area contributed by atoms with E-state index in [1.165, 1.54) is 0 Å². The minimum absolute atomic E-state index is 0.0287. The number of nitrogens with two attached hydrogens (primary N) is 1. The van der Waals surface area contributed by atoms with E-state index in [9.17, 15) is 4.79 Å². The van der Waals surface area contributed by atoms with Gasteiger partial charge in [-0.3, -0.25) is 4.79 Å². The highest BCUT2D eigenvalue weighted by atomic mass is 16.5. The summed E-state index contributed by atoms with van der Waals surface area (Å²) < 4.78 is 5.50. The van der Waals surface area contributed by atoms with Crippen LogP contribution in [0.3, 0.4) is 0 Å². The molecule has 0 saturated heterocycles. The molecule has 0 fully saturated rings. The van der Waals surface area contributed by atoms with Crippen molar-refractivity contribution in [2.45, 2.75) is 13.8 Å².